The highest BCUT2D eigenvalue weighted by Gasteiger charge is 2.27. The monoisotopic (exact) mass is 296 g/mol. The molecule has 0 bridgehead atoms. The predicted molar refractivity (Wildman–Crippen MR) is 76.8 cm³/mol. The molecule has 0 aliphatic rings. The van der Waals surface area contributed by atoms with Gasteiger partial charge in [-0.2, -0.15) is 0 Å². The fourth-order valence-corrected chi connectivity index (χ4v) is 1.82. The van der Waals surface area contributed by atoms with Crippen molar-refractivity contribution in [1.82, 2.24) is 10.6 Å². The Kier molecular flexibility index (Phi) is 5.84. The van der Waals surface area contributed by atoms with Crippen molar-refractivity contribution in [3.8, 4) is 0 Å². The van der Waals surface area contributed by atoms with Crippen LogP contribution in [0.15, 0.2) is 24.3 Å². The van der Waals surface area contributed by atoms with E-state index in [1.165, 1.54) is 25.2 Å². The van der Waals surface area contributed by atoms with E-state index in [0.717, 1.165) is 0 Å². The lowest BCUT2D eigenvalue weighted by Gasteiger charge is -2.23. The van der Waals surface area contributed by atoms with Gasteiger partial charge in [0.1, 0.15) is 5.82 Å². The van der Waals surface area contributed by atoms with Crippen molar-refractivity contribution in [3.05, 3.63) is 35.6 Å². The van der Waals surface area contributed by atoms with E-state index in [1.54, 1.807) is 19.9 Å². The first-order valence-electron chi connectivity index (χ1n) is 6.68. The van der Waals surface area contributed by atoms with Gasteiger partial charge in [-0.05, 0) is 31.5 Å². The summed E-state index contributed by atoms with van der Waals surface area (Å²) in [5.74, 6) is -1.05. The van der Waals surface area contributed by atoms with Crippen molar-refractivity contribution < 1.29 is 19.1 Å². The summed E-state index contributed by atoms with van der Waals surface area (Å²) in [6.45, 7) is 3.56. The highest BCUT2D eigenvalue weighted by atomic mass is 19.1. The molecule has 0 aliphatic heterocycles. The van der Waals surface area contributed by atoms with Crippen LogP contribution < -0.4 is 10.6 Å². The van der Waals surface area contributed by atoms with Crippen LogP contribution in [0, 0.1) is 11.2 Å². The fraction of sp³-hybridized carbons (Fsp3) is 0.467. The molecule has 0 fully saturated rings. The van der Waals surface area contributed by atoms with E-state index in [4.69, 9.17) is 0 Å². The number of aliphatic hydroxyl groups is 1. The number of carbonyl (C=O) groups excluding carboxylic acids is 2. The van der Waals surface area contributed by atoms with Crippen LogP contribution in [-0.4, -0.2) is 30.5 Å². The topological polar surface area (TPSA) is 78.4 Å². The number of carbonyl (C=O) groups is 2. The van der Waals surface area contributed by atoms with Gasteiger partial charge in [-0.3, -0.25) is 9.59 Å². The average molecular weight is 296 g/mol. The van der Waals surface area contributed by atoms with Crippen LogP contribution in [0.4, 0.5) is 4.39 Å². The standard InChI is InChI=1S/C15H21FN2O3/c1-15(2,14(21)17-3)9-18-13(20)8-12(19)10-5-4-6-11(16)7-10/h4-7,12,19H,8-9H2,1-3H3,(H,17,21)(H,18,20). The van der Waals surface area contributed by atoms with Gasteiger partial charge in [0.05, 0.1) is 17.9 Å². The van der Waals surface area contributed by atoms with Gasteiger partial charge in [-0.15, -0.1) is 0 Å². The van der Waals surface area contributed by atoms with E-state index >= 15 is 0 Å². The van der Waals surface area contributed by atoms with Gasteiger partial charge < -0.3 is 15.7 Å². The zero-order chi connectivity index (χ0) is 16.0. The minimum atomic E-state index is -1.08. The zero-order valence-electron chi connectivity index (χ0n) is 12.4. The molecule has 21 heavy (non-hydrogen) atoms. The molecule has 0 saturated heterocycles. The van der Waals surface area contributed by atoms with Crippen molar-refractivity contribution in [2.45, 2.75) is 26.4 Å². The maximum Gasteiger partial charge on any atom is 0.227 e. The van der Waals surface area contributed by atoms with Crippen molar-refractivity contribution in [3.63, 3.8) is 0 Å². The largest absolute Gasteiger partial charge is 0.388 e. The number of rotatable bonds is 6. The summed E-state index contributed by atoms with van der Waals surface area (Å²) in [6, 6.07) is 5.48. The van der Waals surface area contributed by atoms with Crippen LogP contribution in [0.25, 0.3) is 0 Å². The van der Waals surface area contributed by atoms with Crippen molar-refractivity contribution in [2.75, 3.05) is 13.6 Å². The van der Waals surface area contributed by atoms with Gasteiger partial charge in [0.15, 0.2) is 0 Å². The lowest BCUT2D eigenvalue weighted by atomic mass is 9.92. The Labute approximate surface area is 123 Å². The molecule has 2 amide bonds. The van der Waals surface area contributed by atoms with Gasteiger partial charge in [-0.1, -0.05) is 12.1 Å². The van der Waals surface area contributed by atoms with E-state index in [0.29, 0.717) is 5.56 Å². The van der Waals surface area contributed by atoms with Crippen LogP contribution in [0.5, 0.6) is 0 Å². The van der Waals surface area contributed by atoms with E-state index in [1.807, 2.05) is 0 Å². The average Bonchev–Trinajstić information content (AvgIpc) is 2.44. The summed E-state index contributed by atoms with van der Waals surface area (Å²) in [5.41, 5.74) is -0.399. The van der Waals surface area contributed by atoms with Crippen molar-refractivity contribution in [2.24, 2.45) is 5.41 Å². The maximum atomic E-state index is 13.0. The molecule has 116 valence electrons. The summed E-state index contributed by atoms with van der Waals surface area (Å²) in [6.07, 6.45) is -1.27. The molecule has 1 atom stereocenters. The maximum absolute atomic E-state index is 13.0. The van der Waals surface area contributed by atoms with Crippen molar-refractivity contribution in [1.29, 1.82) is 0 Å². The fourth-order valence-electron chi connectivity index (χ4n) is 1.82. The number of aliphatic hydroxyl groups excluding tert-OH is 1. The number of nitrogens with one attached hydrogen (secondary N) is 2. The SMILES string of the molecule is CNC(=O)C(C)(C)CNC(=O)CC(O)c1cccc(F)c1. The Morgan fingerprint density at radius 3 is 2.62 bits per heavy atom. The lowest BCUT2D eigenvalue weighted by molar-refractivity contribution is -0.129. The lowest BCUT2D eigenvalue weighted by Crippen LogP contribution is -2.43. The van der Waals surface area contributed by atoms with Gasteiger partial charge in [0.2, 0.25) is 11.8 Å². The first kappa shape index (κ1) is 17.1. The second kappa shape index (κ2) is 7.17. The molecule has 1 unspecified atom stereocenters. The molecular formula is C15H21FN2O3. The molecular weight excluding hydrogens is 275 g/mol. The molecule has 1 aromatic rings. The van der Waals surface area contributed by atoms with Gasteiger partial charge in [-0.25, -0.2) is 4.39 Å². The predicted octanol–water partition coefficient (Wildman–Crippen LogP) is 1.14. The van der Waals surface area contributed by atoms with E-state index in [9.17, 15) is 19.1 Å². The molecule has 1 rings (SSSR count). The summed E-state index contributed by atoms with van der Waals surface area (Å²) in [5, 5.41) is 15.0. The Morgan fingerprint density at radius 1 is 1.38 bits per heavy atom. The van der Waals surface area contributed by atoms with E-state index in [2.05, 4.69) is 10.6 Å². The molecule has 0 aromatic heterocycles. The third-order valence-corrected chi connectivity index (χ3v) is 3.18. The minimum Gasteiger partial charge on any atom is -0.388 e. The first-order chi connectivity index (χ1) is 9.76. The Hall–Kier alpha value is -1.95. The molecule has 0 heterocycles. The number of hydrogen-bond acceptors (Lipinski definition) is 3. The second-order valence-electron chi connectivity index (χ2n) is 5.51. The van der Waals surface area contributed by atoms with Crippen LogP contribution >= 0.6 is 0 Å². The zero-order valence-corrected chi connectivity index (χ0v) is 12.4. The molecule has 0 aliphatic carbocycles. The number of benzene rings is 1. The summed E-state index contributed by atoms with van der Waals surface area (Å²) in [7, 11) is 1.53. The van der Waals surface area contributed by atoms with Crippen LogP contribution in [0.1, 0.15) is 31.9 Å². The third kappa shape index (κ3) is 5.15. The number of hydrogen-bond donors (Lipinski definition) is 3. The van der Waals surface area contributed by atoms with Gasteiger partial charge in [0.25, 0.3) is 0 Å². The Balaban J connectivity index is 2.52. The number of amides is 2. The second-order valence-corrected chi connectivity index (χ2v) is 5.51. The van der Waals surface area contributed by atoms with Gasteiger partial charge >= 0.3 is 0 Å². The van der Waals surface area contributed by atoms with Crippen LogP contribution in [-0.2, 0) is 9.59 Å². The Bertz CT molecular complexity index is 517. The quantitative estimate of drug-likeness (QED) is 0.736. The normalized spacial score (nSPS) is 12.6. The number of halogens is 1. The van der Waals surface area contributed by atoms with Crippen molar-refractivity contribution >= 4 is 11.8 Å². The highest BCUT2D eigenvalue weighted by molar-refractivity contribution is 5.83. The molecule has 5 nitrogen and oxygen atoms in total. The third-order valence-electron chi connectivity index (χ3n) is 3.18. The minimum absolute atomic E-state index is 0.154. The molecule has 6 heteroatoms. The molecule has 0 saturated carbocycles. The molecule has 3 N–H and O–H groups in total. The summed E-state index contributed by atoms with van der Waals surface area (Å²) < 4.78 is 13.0. The van der Waals surface area contributed by atoms with Crippen LogP contribution in [0.2, 0.25) is 0 Å². The smallest absolute Gasteiger partial charge is 0.227 e. The van der Waals surface area contributed by atoms with Gasteiger partial charge in [0, 0.05) is 13.6 Å². The molecule has 0 radical (unpaired) electrons. The highest BCUT2D eigenvalue weighted by Crippen LogP contribution is 2.18. The van der Waals surface area contributed by atoms with E-state index in [-0.39, 0.29) is 18.9 Å². The van der Waals surface area contributed by atoms with E-state index < -0.39 is 23.2 Å². The Morgan fingerprint density at radius 2 is 2.05 bits per heavy atom. The molecule has 1 aromatic carbocycles. The first-order valence-corrected chi connectivity index (χ1v) is 6.68. The summed E-state index contributed by atoms with van der Waals surface area (Å²) in [4.78, 5) is 23.3. The molecule has 0 spiro atoms. The van der Waals surface area contributed by atoms with Crippen LogP contribution in [0.3, 0.4) is 0 Å². The summed E-state index contributed by atoms with van der Waals surface area (Å²) >= 11 is 0.